The average Bonchev–Trinajstić information content (AvgIpc) is 2.85. The van der Waals surface area contributed by atoms with Gasteiger partial charge in [-0.05, 0) is 25.0 Å². The molecule has 0 aliphatic carbocycles. The van der Waals surface area contributed by atoms with Crippen LogP contribution in [-0.2, 0) is 17.6 Å². The number of hydrogen-bond donors (Lipinski definition) is 1. The predicted molar refractivity (Wildman–Crippen MR) is 80.6 cm³/mol. The molecule has 20 heavy (non-hydrogen) atoms. The lowest BCUT2D eigenvalue weighted by Crippen LogP contribution is -2.20. The molecule has 1 aliphatic heterocycles. The van der Waals surface area contributed by atoms with E-state index in [1.54, 1.807) is 6.07 Å². The van der Waals surface area contributed by atoms with E-state index in [1.807, 2.05) is 6.07 Å². The number of unbranched alkanes of at least 4 members (excludes halogenated alkanes) is 2. The molecule has 1 atom stereocenters. The van der Waals surface area contributed by atoms with Crippen molar-refractivity contribution in [3.63, 3.8) is 0 Å². The van der Waals surface area contributed by atoms with E-state index in [-0.39, 0.29) is 6.10 Å². The summed E-state index contributed by atoms with van der Waals surface area (Å²) in [4.78, 5) is 0. The van der Waals surface area contributed by atoms with Gasteiger partial charge < -0.3 is 14.6 Å². The largest absolute Gasteiger partial charge is 0.508 e. The number of ether oxygens (including phenoxy) is 2. The molecule has 1 N–H and O–H groups in total. The maximum atomic E-state index is 9.98. The number of benzene rings is 1. The topological polar surface area (TPSA) is 38.7 Å². The highest BCUT2D eigenvalue weighted by Crippen LogP contribution is 2.37. The van der Waals surface area contributed by atoms with Crippen LogP contribution in [0.15, 0.2) is 12.1 Å². The van der Waals surface area contributed by atoms with E-state index in [9.17, 15) is 5.11 Å². The van der Waals surface area contributed by atoms with Crippen LogP contribution in [0.2, 0.25) is 0 Å². The van der Waals surface area contributed by atoms with Gasteiger partial charge in [0.1, 0.15) is 17.6 Å². The van der Waals surface area contributed by atoms with Crippen molar-refractivity contribution < 1.29 is 14.6 Å². The van der Waals surface area contributed by atoms with Crippen LogP contribution < -0.4 is 4.74 Å². The number of phenolic OH excluding ortho intramolecular Hbond substituents is 1. The molecule has 0 fully saturated rings. The molecular weight excluding hydrogens is 252 g/mol. The third kappa shape index (κ3) is 3.66. The van der Waals surface area contributed by atoms with Gasteiger partial charge in [0.25, 0.3) is 0 Å². The lowest BCUT2D eigenvalue weighted by Gasteiger charge is -2.10. The van der Waals surface area contributed by atoms with Crippen molar-refractivity contribution in [2.75, 3.05) is 13.2 Å². The highest BCUT2D eigenvalue weighted by atomic mass is 16.5. The quantitative estimate of drug-likeness (QED) is 0.734. The van der Waals surface area contributed by atoms with Gasteiger partial charge in [0.05, 0.1) is 6.61 Å². The zero-order valence-corrected chi connectivity index (χ0v) is 12.7. The van der Waals surface area contributed by atoms with Gasteiger partial charge in [-0.25, -0.2) is 0 Å². The first-order valence-corrected chi connectivity index (χ1v) is 7.84. The van der Waals surface area contributed by atoms with Crippen molar-refractivity contribution in [2.45, 2.75) is 58.5 Å². The third-order valence-electron chi connectivity index (χ3n) is 3.78. The summed E-state index contributed by atoms with van der Waals surface area (Å²) in [6.07, 6.45) is 6.45. The minimum Gasteiger partial charge on any atom is -0.508 e. The molecule has 1 unspecified atom stereocenters. The van der Waals surface area contributed by atoms with E-state index in [4.69, 9.17) is 9.47 Å². The molecule has 0 radical (unpaired) electrons. The van der Waals surface area contributed by atoms with Gasteiger partial charge in [-0.15, -0.1) is 0 Å². The molecule has 3 heteroatoms. The molecule has 3 nitrogen and oxygen atoms in total. The van der Waals surface area contributed by atoms with Crippen molar-refractivity contribution in [2.24, 2.45) is 0 Å². The number of phenols is 1. The fourth-order valence-electron chi connectivity index (χ4n) is 2.73. The molecule has 2 rings (SSSR count). The number of aromatic hydroxyl groups is 1. The van der Waals surface area contributed by atoms with E-state index in [2.05, 4.69) is 13.8 Å². The van der Waals surface area contributed by atoms with Crippen molar-refractivity contribution in [3.8, 4) is 11.5 Å². The van der Waals surface area contributed by atoms with Crippen LogP contribution in [0.1, 0.15) is 50.7 Å². The second-order valence-electron chi connectivity index (χ2n) is 5.52. The first kappa shape index (κ1) is 15.2. The van der Waals surface area contributed by atoms with E-state index in [1.165, 1.54) is 18.4 Å². The fraction of sp³-hybridized carbons (Fsp3) is 0.647. The molecule has 0 amide bonds. The highest BCUT2D eigenvalue weighted by Gasteiger charge is 2.26. The SMILES string of the molecule is CCCCCOCC1Cc2c(ccc(O)c2CCC)O1. The number of rotatable bonds is 8. The molecule has 112 valence electrons. The summed E-state index contributed by atoms with van der Waals surface area (Å²) < 4.78 is 11.6. The Kier molecular flexibility index (Phi) is 5.72. The van der Waals surface area contributed by atoms with Gasteiger partial charge in [-0.3, -0.25) is 0 Å². The van der Waals surface area contributed by atoms with Gasteiger partial charge in [0, 0.05) is 24.2 Å². The van der Waals surface area contributed by atoms with E-state index < -0.39 is 0 Å². The van der Waals surface area contributed by atoms with E-state index >= 15 is 0 Å². The Morgan fingerprint density at radius 3 is 2.85 bits per heavy atom. The molecule has 1 aromatic rings. The maximum Gasteiger partial charge on any atom is 0.126 e. The zero-order chi connectivity index (χ0) is 14.4. The van der Waals surface area contributed by atoms with Crippen LogP contribution in [0.4, 0.5) is 0 Å². The lowest BCUT2D eigenvalue weighted by molar-refractivity contribution is 0.0586. The van der Waals surface area contributed by atoms with Crippen LogP contribution in [0.5, 0.6) is 11.5 Å². The summed E-state index contributed by atoms with van der Waals surface area (Å²) in [6, 6.07) is 3.62. The van der Waals surface area contributed by atoms with Crippen LogP contribution in [0.3, 0.4) is 0 Å². The van der Waals surface area contributed by atoms with Gasteiger partial charge in [-0.2, -0.15) is 0 Å². The molecule has 1 aromatic carbocycles. The monoisotopic (exact) mass is 278 g/mol. The summed E-state index contributed by atoms with van der Waals surface area (Å²) in [5, 5.41) is 9.98. The molecule has 0 saturated heterocycles. The van der Waals surface area contributed by atoms with E-state index in [0.717, 1.165) is 43.6 Å². The Morgan fingerprint density at radius 1 is 1.25 bits per heavy atom. The highest BCUT2D eigenvalue weighted by molar-refractivity contribution is 5.50. The smallest absolute Gasteiger partial charge is 0.126 e. The average molecular weight is 278 g/mol. The Balaban J connectivity index is 1.89. The predicted octanol–water partition coefficient (Wildman–Crippen LogP) is 3.86. The van der Waals surface area contributed by atoms with Crippen molar-refractivity contribution in [3.05, 3.63) is 23.3 Å². The van der Waals surface area contributed by atoms with Crippen molar-refractivity contribution in [1.29, 1.82) is 0 Å². The standard InChI is InChI=1S/C17H26O3/c1-3-5-6-10-19-12-13-11-15-14(7-4-2)16(18)8-9-17(15)20-13/h8-9,13,18H,3-7,10-12H2,1-2H3. The Bertz CT molecular complexity index is 428. The molecule has 1 aliphatic rings. The van der Waals surface area contributed by atoms with Gasteiger partial charge in [0.15, 0.2) is 0 Å². The summed E-state index contributed by atoms with van der Waals surface area (Å²) in [7, 11) is 0. The number of fused-ring (bicyclic) bond motifs is 1. The Labute approximate surface area is 121 Å². The Morgan fingerprint density at radius 2 is 2.10 bits per heavy atom. The van der Waals surface area contributed by atoms with Crippen molar-refractivity contribution in [1.82, 2.24) is 0 Å². The van der Waals surface area contributed by atoms with Crippen LogP contribution in [0.25, 0.3) is 0 Å². The normalized spacial score (nSPS) is 17.0. The summed E-state index contributed by atoms with van der Waals surface area (Å²) in [5.41, 5.74) is 2.23. The van der Waals surface area contributed by atoms with Crippen LogP contribution >= 0.6 is 0 Å². The van der Waals surface area contributed by atoms with E-state index in [0.29, 0.717) is 12.4 Å². The summed E-state index contributed by atoms with van der Waals surface area (Å²) in [6.45, 7) is 5.78. The minimum atomic E-state index is 0.101. The molecule has 1 heterocycles. The first-order valence-electron chi connectivity index (χ1n) is 7.84. The van der Waals surface area contributed by atoms with Gasteiger partial charge in [-0.1, -0.05) is 33.1 Å². The summed E-state index contributed by atoms with van der Waals surface area (Å²) in [5.74, 6) is 1.33. The first-order chi connectivity index (χ1) is 9.76. The van der Waals surface area contributed by atoms with Gasteiger partial charge >= 0.3 is 0 Å². The summed E-state index contributed by atoms with van der Waals surface area (Å²) >= 11 is 0. The third-order valence-corrected chi connectivity index (χ3v) is 3.78. The molecule has 0 saturated carbocycles. The molecular formula is C17H26O3. The lowest BCUT2D eigenvalue weighted by atomic mass is 9.98. The van der Waals surface area contributed by atoms with Gasteiger partial charge in [0.2, 0.25) is 0 Å². The second kappa shape index (κ2) is 7.53. The van der Waals surface area contributed by atoms with Crippen LogP contribution in [0, 0.1) is 0 Å². The van der Waals surface area contributed by atoms with Crippen molar-refractivity contribution >= 4 is 0 Å². The molecule has 0 aromatic heterocycles. The second-order valence-corrected chi connectivity index (χ2v) is 5.52. The fourth-order valence-corrected chi connectivity index (χ4v) is 2.73. The maximum absolute atomic E-state index is 9.98. The number of hydrogen-bond acceptors (Lipinski definition) is 3. The minimum absolute atomic E-state index is 0.101. The Hall–Kier alpha value is -1.22. The molecule has 0 bridgehead atoms. The molecule has 0 spiro atoms. The zero-order valence-electron chi connectivity index (χ0n) is 12.7. The van der Waals surface area contributed by atoms with Crippen LogP contribution in [-0.4, -0.2) is 24.4 Å².